The van der Waals surface area contributed by atoms with E-state index in [0.29, 0.717) is 4.90 Å². The molecule has 0 unspecified atom stereocenters. The number of carbonyl (C=O) groups excluding carboxylic acids is 3. The van der Waals surface area contributed by atoms with Crippen molar-refractivity contribution < 1.29 is 146 Å². The van der Waals surface area contributed by atoms with Gasteiger partial charge in [-0.05, 0) is 6.92 Å². The average molecular weight is 1020 g/mol. The predicted octanol–water partition coefficient (Wildman–Crippen LogP) is 9.93. The van der Waals surface area contributed by atoms with Crippen LogP contribution in [0.1, 0.15) is 32.6 Å². The van der Waals surface area contributed by atoms with Crippen LogP contribution in [-0.2, 0) is 14.4 Å². The third-order valence-electron chi connectivity index (χ3n) is 8.18. The van der Waals surface area contributed by atoms with E-state index < -0.39 is 159 Å². The predicted molar refractivity (Wildman–Crippen MR) is 147 cm³/mol. The molecule has 0 saturated heterocycles. The highest BCUT2D eigenvalue weighted by molar-refractivity contribution is 5.92. The molecule has 0 radical (unpaired) electrons. The van der Waals surface area contributed by atoms with E-state index in [1.807, 2.05) is 0 Å². The first-order valence-corrected chi connectivity index (χ1v) is 15.9. The van der Waals surface area contributed by atoms with Gasteiger partial charge in [0, 0.05) is 57.4 Å². The summed E-state index contributed by atoms with van der Waals surface area (Å²) in [5.74, 6) is -103. The van der Waals surface area contributed by atoms with Gasteiger partial charge >= 0.3 is 83.4 Å². The third kappa shape index (κ3) is 10.2. The Morgan fingerprint density at radius 2 is 0.609 bits per heavy atom. The topological polar surface area (TPSA) is 78.5 Å². The molecule has 0 rings (SSSR count). The molecule has 0 aromatic rings. The number of rotatable bonds is 23. The molecule has 3 amide bonds. The van der Waals surface area contributed by atoms with Gasteiger partial charge in [0.05, 0.1) is 0 Å². The van der Waals surface area contributed by atoms with Crippen molar-refractivity contribution in [1.29, 1.82) is 0 Å². The standard InChI is InChI=1S/C28H23F30N3O3/c1-11(2)14(64)61(9-7-59-12(62)3-5-15(29,30)17(33,34)19(37,38)21(41,42)23(45,46)25(49,50)27(53,54)55)10-8-60-13(63)4-6-16(31,32)18(35,36)20(39,40)22(43,44)24(47,48)26(51,52)28(56,57)58/h1,3-10H2,2H3,(H,59,62)(H,60,63). The van der Waals surface area contributed by atoms with E-state index >= 15 is 0 Å². The summed E-state index contributed by atoms with van der Waals surface area (Å²) < 4.78 is 400. The van der Waals surface area contributed by atoms with Crippen molar-refractivity contribution in [2.45, 2.75) is 116 Å². The number of amides is 3. The maximum Gasteiger partial charge on any atom is 0.460 e. The van der Waals surface area contributed by atoms with Gasteiger partial charge in [-0.1, -0.05) is 6.58 Å². The van der Waals surface area contributed by atoms with E-state index in [4.69, 9.17) is 0 Å². The molecule has 0 aliphatic rings. The molecule has 0 saturated carbocycles. The summed E-state index contributed by atoms with van der Waals surface area (Å²) in [7, 11) is 0. The second-order valence-electron chi connectivity index (χ2n) is 12.9. The summed E-state index contributed by atoms with van der Waals surface area (Å²) in [4.78, 5) is 36.4. The SMILES string of the molecule is C=C(C)C(=O)N(CCNC(=O)CCC(F)(F)C(F)(F)C(F)(F)C(F)(F)C(F)(F)C(F)(F)C(F)(F)F)CCNC(=O)CCC(F)(F)C(F)(F)C(F)(F)C(F)(F)C(F)(F)C(F)(F)C(F)(F)F. The lowest BCUT2D eigenvalue weighted by Crippen LogP contribution is -2.72. The molecule has 36 heteroatoms. The van der Waals surface area contributed by atoms with E-state index in [9.17, 15) is 146 Å². The first-order chi connectivity index (χ1) is 27.7. The smallest absolute Gasteiger partial charge is 0.354 e. The molecular formula is C28H23F30N3O3. The van der Waals surface area contributed by atoms with Gasteiger partial charge in [0.1, 0.15) is 0 Å². The average Bonchev–Trinajstić information content (AvgIpc) is 3.10. The van der Waals surface area contributed by atoms with E-state index in [-0.39, 0.29) is 0 Å². The molecule has 0 fully saturated rings. The molecule has 2 N–H and O–H groups in total. The van der Waals surface area contributed by atoms with Gasteiger partial charge in [-0.3, -0.25) is 14.4 Å². The van der Waals surface area contributed by atoms with Crippen LogP contribution in [0, 0.1) is 0 Å². The summed E-state index contributed by atoms with van der Waals surface area (Å²) in [5.41, 5.74) is -0.519. The van der Waals surface area contributed by atoms with Crippen LogP contribution in [0.4, 0.5) is 132 Å². The van der Waals surface area contributed by atoms with Gasteiger partial charge in [-0.2, -0.15) is 132 Å². The fourth-order valence-electron chi connectivity index (χ4n) is 4.28. The maximum absolute atomic E-state index is 14.0. The normalized spacial score (nSPS) is 15.2. The van der Waals surface area contributed by atoms with Crippen LogP contribution in [-0.4, -0.2) is 132 Å². The van der Waals surface area contributed by atoms with Crippen molar-refractivity contribution in [2.24, 2.45) is 0 Å². The van der Waals surface area contributed by atoms with E-state index in [2.05, 4.69) is 6.58 Å². The van der Waals surface area contributed by atoms with Crippen LogP contribution in [0.3, 0.4) is 0 Å². The zero-order chi connectivity index (χ0) is 52.0. The van der Waals surface area contributed by atoms with E-state index in [1.165, 1.54) is 10.6 Å². The van der Waals surface area contributed by atoms with E-state index in [1.54, 1.807) is 0 Å². The Bertz CT molecular complexity index is 1580. The Hall–Kier alpha value is -3.95. The van der Waals surface area contributed by atoms with Gasteiger partial charge in [0.25, 0.3) is 0 Å². The minimum Gasteiger partial charge on any atom is -0.354 e. The number of nitrogens with zero attached hydrogens (tertiary/aromatic N) is 1. The molecule has 0 heterocycles. The van der Waals surface area contributed by atoms with Crippen molar-refractivity contribution in [2.75, 3.05) is 26.2 Å². The van der Waals surface area contributed by atoms with Crippen LogP contribution in [0.5, 0.6) is 0 Å². The summed E-state index contributed by atoms with van der Waals surface area (Å²) in [5, 5.41) is 2.87. The minimum absolute atomic E-state index is 0.369. The number of halogens is 30. The Morgan fingerprint density at radius 1 is 0.391 bits per heavy atom. The molecule has 0 bridgehead atoms. The van der Waals surface area contributed by atoms with Crippen molar-refractivity contribution in [1.82, 2.24) is 15.5 Å². The number of hydrogen-bond acceptors (Lipinski definition) is 3. The first kappa shape index (κ1) is 60.1. The number of hydrogen-bond donors (Lipinski definition) is 2. The van der Waals surface area contributed by atoms with Gasteiger partial charge in [-0.25, -0.2) is 0 Å². The number of nitrogens with one attached hydrogen (secondary N) is 2. The second-order valence-corrected chi connectivity index (χ2v) is 12.9. The summed E-state index contributed by atoms with van der Waals surface area (Å²) >= 11 is 0. The molecule has 64 heavy (non-hydrogen) atoms. The Morgan fingerprint density at radius 3 is 0.828 bits per heavy atom. The number of carbonyl (C=O) groups is 3. The van der Waals surface area contributed by atoms with Crippen LogP contribution >= 0.6 is 0 Å². The largest absolute Gasteiger partial charge is 0.460 e. The molecular weight excluding hydrogens is 996 g/mol. The number of alkyl halides is 30. The highest BCUT2D eigenvalue weighted by Gasteiger charge is 2.94. The molecule has 0 aliphatic heterocycles. The fraction of sp³-hybridized carbons (Fsp3) is 0.821. The lowest BCUT2D eigenvalue weighted by molar-refractivity contribution is -0.452. The zero-order valence-electron chi connectivity index (χ0n) is 30.4. The highest BCUT2D eigenvalue weighted by atomic mass is 19.4. The lowest BCUT2D eigenvalue weighted by Gasteiger charge is -2.41. The van der Waals surface area contributed by atoms with E-state index in [0.717, 1.165) is 6.92 Å². The lowest BCUT2D eigenvalue weighted by atomic mass is 9.89. The van der Waals surface area contributed by atoms with Crippen molar-refractivity contribution in [3.8, 4) is 0 Å². The Balaban J connectivity index is 5.78. The summed E-state index contributed by atoms with van der Waals surface area (Å²) in [6.07, 6.45) is -26.4. The monoisotopic (exact) mass is 1020 g/mol. The highest BCUT2D eigenvalue weighted by Crippen LogP contribution is 2.64. The van der Waals surface area contributed by atoms with Crippen LogP contribution < -0.4 is 10.6 Å². The van der Waals surface area contributed by atoms with Gasteiger partial charge in [-0.15, -0.1) is 0 Å². The molecule has 0 aromatic heterocycles. The van der Waals surface area contributed by atoms with Gasteiger partial charge in [0.2, 0.25) is 17.7 Å². The van der Waals surface area contributed by atoms with Crippen molar-refractivity contribution >= 4 is 17.7 Å². The van der Waals surface area contributed by atoms with Crippen LogP contribution in [0.15, 0.2) is 12.2 Å². The van der Waals surface area contributed by atoms with Crippen LogP contribution in [0.2, 0.25) is 0 Å². The molecule has 6 nitrogen and oxygen atoms in total. The molecule has 0 aromatic carbocycles. The Labute approximate surface area is 334 Å². The maximum atomic E-state index is 14.0. The van der Waals surface area contributed by atoms with Crippen molar-refractivity contribution in [3.63, 3.8) is 0 Å². The first-order valence-electron chi connectivity index (χ1n) is 15.9. The minimum atomic E-state index is -8.61. The van der Waals surface area contributed by atoms with Gasteiger partial charge < -0.3 is 15.5 Å². The second kappa shape index (κ2) is 18.0. The van der Waals surface area contributed by atoms with Crippen molar-refractivity contribution in [3.05, 3.63) is 12.2 Å². The Kier molecular flexibility index (Phi) is 16.9. The fourth-order valence-corrected chi connectivity index (χ4v) is 4.28. The molecule has 378 valence electrons. The van der Waals surface area contributed by atoms with Crippen LogP contribution in [0.25, 0.3) is 0 Å². The molecule has 0 aliphatic carbocycles. The quantitative estimate of drug-likeness (QED) is 0.0791. The summed E-state index contributed by atoms with van der Waals surface area (Å²) in [6, 6.07) is 0. The zero-order valence-corrected chi connectivity index (χ0v) is 30.4. The van der Waals surface area contributed by atoms with Gasteiger partial charge in [0.15, 0.2) is 0 Å². The molecule has 0 spiro atoms. The third-order valence-corrected chi connectivity index (χ3v) is 8.18. The molecule has 0 atom stereocenters. The summed E-state index contributed by atoms with van der Waals surface area (Å²) in [6.45, 7) is -0.323.